The van der Waals surface area contributed by atoms with Crippen LogP contribution in [0.15, 0.2) is 30.3 Å². The molecule has 0 heterocycles. The standard InChI is InChI=1S/C11H12O4/c1-9(12)7-11(13)15-8-14-10-5-3-2-4-6-10/h2-6H,7-8H2,1H3. The quantitative estimate of drug-likeness (QED) is 0.418. The topological polar surface area (TPSA) is 52.6 Å². The van der Waals surface area contributed by atoms with Crippen LogP contribution in [-0.4, -0.2) is 18.5 Å². The Kier molecular flexibility index (Phi) is 4.34. The summed E-state index contributed by atoms with van der Waals surface area (Å²) < 4.78 is 9.78. The molecule has 0 aromatic heterocycles. The van der Waals surface area contributed by atoms with Crippen LogP contribution in [0.4, 0.5) is 0 Å². The van der Waals surface area contributed by atoms with E-state index in [1.807, 2.05) is 18.2 Å². The zero-order valence-electron chi connectivity index (χ0n) is 8.43. The molecular formula is C11H12O4. The van der Waals surface area contributed by atoms with Gasteiger partial charge in [0.2, 0.25) is 6.79 Å². The van der Waals surface area contributed by atoms with Crippen LogP contribution in [0.25, 0.3) is 0 Å². The molecule has 0 N–H and O–H groups in total. The van der Waals surface area contributed by atoms with Gasteiger partial charge in [-0.2, -0.15) is 0 Å². The first-order valence-electron chi connectivity index (χ1n) is 4.51. The smallest absolute Gasteiger partial charge is 0.316 e. The molecule has 0 aliphatic rings. The van der Waals surface area contributed by atoms with E-state index in [2.05, 4.69) is 4.74 Å². The highest BCUT2D eigenvalue weighted by molar-refractivity contribution is 5.94. The minimum absolute atomic E-state index is 0.171. The lowest BCUT2D eigenvalue weighted by atomic mass is 10.3. The largest absolute Gasteiger partial charge is 0.457 e. The average Bonchev–Trinajstić information content (AvgIpc) is 2.18. The van der Waals surface area contributed by atoms with Crippen LogP contribution in [-0.2, 0) is 14.3 Å². The maximum Gasteiger partial charge on any atom is 0.316 e. The fourth-order valence-electron chi connectivity index (χ4n) is 0.934. The molecule has 0 unspecified atom stereocenters. The molecule has 0 radical (unpaired) electrons. The summed E-state index contributed by atoms with van der Waals surface area (Å²) in [7, 11) is 0. The molecule has 80 valence electrons. The number of carbonyl (C=O) groups is 2. The van der Waals surface area contributed by atoms with Gasteiger partial charge in [-0.3, -0.25) is 9.59 Å². The number of para-hydroxylation sites is 1. The van der Waals surface area contributed by atoms with Crippen LogP contribution in [0.3, 0.4) is 0 Å². The maximum atomic E-state index is 10.9. The van der Waals surface area contributed by atoms with Crippen molar-refractivity contribution in [3.8, 4) is 5.75 Å². The minimum atomic E-state index is -0.571. The first-order valence-corrected chi connectivity index (χ1v) is 4.51. The number of ether oxygens (including phenoxy) is 2. The van der Waals surface area contributed by atoms with Crippen LogP contribution in [0, 0.1) is 0 Å². The Morgan fingerprint density at radius 2 is 1.87 bits per heavy atom. The molecule has 4 heteroatoms. The molecule has 0 saturated carbocycles. The van der Waals surface area contributed by atoms with Gasteiger partial charge in [-0.05, 0) is 19.1 Å². The normalized spacial score (nSPS) is 9.40. The molecule has 0 fully saturated rings. The second-order valence-electron chi connectivity index (χ2n) is 2.97. The zero-order valence-corrected chi connectivity index (χ0v) is 8.43. The van der Waals surface area contributed by atoms with Crippen molar-refractivity contribution in [2.24, 2.45) is 0 Å². The molecule has 0 saturated heterocycles. The summed E-state index contributed by atoms with van der Waals surface area (Å²) in [6.07, 6.45) is -0.210. The Bertz CT molecular complexity index is 332. The number of carbonyl (C=O) groups excluding carboxylic acids is 2. The average molecular weight is 208 g/mol. The number of benzene rings is 1. The fourth-order valence-corrected chi connectivity index (χ4v) is 0.934. The van der Waals surface area contributed by atoms with Gasteiger partial charge in [0, 0.05) is 0 Å². The molecule has 1 aromatic carbocycles. The molecule has 4 nitrogen and oxygen atoms in total. The second kappa shape index (κ2) is 5.80. The highest BCUT2D eigenvalue weighted by Crippen LogP contribution is 2.07. The number of hydrogen-bond donors (Lipinski definition) is 0. The van der Waals surface area contributed by atoms with E-state index in [4.69, 9.17) is 4.74 Å². The summed E-state index contributed by atoms with van der Waals surface area (Å²) in [6, 6.07) is 8.98. The van der Waals surface area contributed by atoms with E-state index in [1.54, 1.807) is 12.1 Å². The summed E-state index contributed by atoms with van der Waals surface area (Å²) in [6.45, 7) is 1.16. The van der Waals surface area contributed by atoms with E-state index in [0.717, 1.165) is 0 Å². The SMILES string of the molecule is CC(=O)CC(=O)OCOc1ccccc1. The zero-order chi connectivity index (χ0) is 11.1. The molecule has 0 aliphatic carbocycles. The molecule has 1 rings (SSSR count). The van der Waals surface area contributed by atoms with Gasteiger partial charge in [-0.25, -0.2) is 0 Å². The van der Waals surface area contributed by atoms with Crippen LogP contribution < -0.4 is 4.74 Å². The predicted molar refractivity (Wildman–Crippen MR) is 53.3 cm³/mol. The van der Waals surface area contributed by atoms with Crippen molar-refractivity contribution in [3.63, 3.8) is 0 Å². The van der Waals surface area contributed by atoms with Crippen molar-refractivity contribution in [3.05, 3.63) is 30.3 Å². The summed E-state index contributed by atoms with van der Waals surface area (Å²) in [5, 5.41) is 0. The van der Waals surface area contributed by atoms with Gasteiger partial charge < -0.3 is 9.47 Å². The van der Waals surface area contributed by atoms with Crippen molar-refractivity contribution in [1.82, 2.24) is 0 Å². The predicted octanol–water partition coefficient (Wildman–Crippen LogP) is 1.55. The number of hydrogen-bond acceptors (Lipinski definition) is 4. The summed E-state index contributed by atoms with van der Waals surface area (Å²) in [4.78, 5) is 21.5. The van der Waals surface area contributed by atoms with Gasteiger partial charge in [0.25, 0.3) is 0 Å². The molecule has 0 amide bonds. The van der Waals surface area contributed by atoms with Crippen molar-refractivity contribution in [1.29, 1.82) is 0 Å². The van der Waals surface area contributed by atoms with Crippen molar-refractivity contribution < 1.29 is 19.1 Å². The van der Waals surface area contributed by atoms with Gasteiger partial charge in [0.05, 0.1) is 0 Å². The first kappa shape index (κ1) is 11.2. The maximum absolute atomic E-state index is 10.9. The fraction of sp³-hybridized carbons (Fsp3) is 0.273. The second-order valence-corrected chi connectivity index (χ2v) is 2.97. The van der Waals surface area contributed by atoms with Gasteiger partial charge in [-0.1, -0.05) is 18.2 Å². The Morgan fingerprint density at radius 1 is 1.20 bits per heavy atom. The number of Topliss-reactive ketones (excluding diaryl/α,β-unsaturated/α-hetero) is 1. The Balaban J connectivity index is 2.22. The monoisotopic (exact) mass is 208 g/mol. The molecule has 0 spiro atoms. The van der Waals surface area contributed by atoms with Crippen LogP contribution >= 0.6 is 0 Å². The molecule has 0 aliphatic heterocycles. The minimum Gasteiger partial charge on any atom is -0.457 e. The lowest BCUT2D eigenvalue weighted by Gasteiger charge is -2.05. The summed E-state index contributed by atoms with van der Waals surface area (Å²) in [5.41, 5.74) is 0. The molecule has 0 bridgehead atoms. The molecule has 15 heavy (non-hydrogen) atoms. The highest BCUT2D eigenvalue weighted by Gasteiger charge is 2.05. The van der Waals surface area contributed by atoms with E-state index < -0.39 is 5.97 Å². The Hall–Kier alpha value is -1.84. The Labute approximate surface area is 87.8 Å². The van der Waals surface area contributed by atoms with Crippen molar-refractivity contribution in [2.75, 3.05) is 6.79 Å². The third-order valence-corrected chi connectivity index (χ3v) is 1.58. The summed E-state index contributed by atoms with van der Waals surface area (Å²) in [5.74, 6) is -0.175. The van der Waals surface area contributed by atoms with E-state index >= 15 is 0 Å². The van der Waals surface area contributed by atoms with Crippen LogP contribution in [0.5, 0.6) is 5.75 Å². The summed E-state index contributed by atoms with van der Waals surface area (Å²) >= 11 is 0. The number of esters is 1. The lowest BCUT2D eigenvalue weighted by molar-refractivity contribution is -0.151. The lowest BCUT2D eigenvalue weighted by Crippen LogP contribution is -2.12. The van der Waals surface area contributed by atoms with Gasteiger partial charge in [0.1, 0.15) is 18.0 Å². The highest BCUT2D eigenvalue weighted by atomic mass is 16.7. The third kappa shape index (κ3) is 4.81. The van der Waals surface area contributed by atoms with Gasteiger partial charge in [0.15, 0.2) is 0 Å². The molecule has 1 aromatic rings. The van der Waals surface area contributed by atoms with Crippen LogP contribution in [0.2, 0.25) is 0 Å². The van der Waals surface area contributed by atoms with Crippen molar-refractivity contribution >= 4 is 11.8 Å². The van der Waals surface area contributed by atoms with Crippen LogP contribution in [0.1, 0.15) is 13.3 Å². The number of rotatable bonds is 5. The van der Waals surface area contributed by atoms with Crippen molar-refractivity contribution in [2.45, 2.75) is 13.3 Å². The van der Waals surface area contributed by atoms with Gasteiger partial charge >= 0.3 is 5.97 Å². The number of ketones is 1. The Morgan fingerprint density at radius 3 is 2.47 bits per heavy atom. The van der Waals surface area contributed by atoms with E-state index in [0.29, 0.717) is 5.75 Å². The first-order chi connectivity index (χ1) is 7.18. The third-order valence-electron chi connectivity index (χ3n) is 1.58. The molecular weight excluding hydrogens is 196 g/mol. The molecule has 0 atom stereocenters. The van der Waals surface area contributed by atoms with E-state index in [9.17, 15) is 9.59 Å². The van der Waals surface area contributed by atoms with Gasteiger partial charge in [-0.15, -0.1) is 0 Å². The van der Waals surface area contributed by atoms with E-state index in [-0.39, 0.29) is 19.0 Å². The van der Waals surface area contributed by atoms with E-state index in [1.165, 1.54) is 6.92 Å².